The van der Waals surface area contributed by atoms with Crippen LogP contribution in [0.1, 0.15) is 31.0 Å². The molecule has 4 rings (SSSR count). The van der Waals surface area contributed by atoms with Crippen LogP contribution in [0.5, 0.6) is 0 Å². The van der Waals surface area contributed by atoms with Crippen LogP contribution in [0, 0.1) is 11.8 Å². The highest BCUT2D eigenvalue weighted by Crippen LogP contribution is 2.45. The minimum Gasteiger partial charge on any atom is -0.348 e. The summed E-state index contributed by atoms with van der Waals surface area (Å²) in [5.41, 5.74) is 0. The van der Waals surface area contributed by atoms with Gasteiger partial charge >= 0.3 is 0 Å². The number of amidine groups is 1. The molecule has 1 aromatic rings. The van der Waals surface area contributed by atoms with Crippen LogP contribution in [0.25, 0.3) is 0 Å². The minimum atomic E-state index is -0.551. The largest absolute Gasteiger partial charge is 0.348 e. The lowest BCUT2D eigenvalue weighted by molar-refractivity contribution is -0.128. The number of H-pyrrole nitrogens is 1. The number of fused-ring (bicyclic) bond motifs is 2. The fourth-order valence-electron chi connectivity index (χ4n) is 3.55. The highest BCUT2D eigenvalue weighted by Gasteiger charge is 2.52. The van der Waals surface area contributed by atoms with Gasteiger partial charge in [-0.15, -0.1) is 10.2 Å². The van der Waals surface area contributed by atoms with Crippen molar-refractivity contribution in [1.82, 2.24) is 9.97 Å². The summed E-state index contributed by atoms with van der Waals surface area (Å²) in [6.45, 7) is 0. The number of Topliss-reactive ketones (excluding diaryl/α,β-unsaturated/α-hetero) is 1. The van der Waals surface area contributed by atoms with E-state index in [0.717, 1.165) is 12.8 Å². The van der Waals surface area contributed by atoms with E-state index in [4.69, 9.17) is 0 Å². The molecule has 3 heterocycles. The Bertz CT molecular complexity index is 633. The second kappa shape index (κ2) is 4.16. The van der Waals surface area contributed by atoms with E-state index in [-0.39, 0.29) is 29.6 Å². The standard InChI is InChI=1S/C13H13N5O2/c19-7-3-1-2-6-8(7)9(11-14-4-5-15-11)10-12(16-6)17-18-13(10)20/h4-6,8-10H,1-3H2,(H,14,15). The Balaban J connectivity index is 1.85. The Morgan fingerprint density at radius 1 is 1.20 bits per heavy atom. The summed E-state index contributed by atoms with van der Waals surface area (Å²) in [5.74, 6) is -0.161. The van der Waals surface area contributed by atoms with Crippen molar-refractivity contribution < 1.29 is 9.59 Å². The zero-order chi connectivity index (χ0) is 13.7. The number of hydrogen-bond donors (Lipinski definition) is 1. The molecular weight excluding hydrogens is 258 g/mol. The molecule has 1 N–H and O–H groups in total. The number of nitrogens with zero attached hydrogens (tertiary/aromatic N) is 4. The minimum absolute atomic E-state index is 0.0950. The van der Waals surface area contributed by atoms with E-state index in [2.05, 4.69) is 25.2 Å². The summed E-state index contributed by atoms with van der Waals surface area (Å²) in [6.07, 6.45) is 5.59. The van der Waals surface area contributed by atoms with Crippen LogP contribution >= 0.6 is 0 Å². The third-order valence-corrected chi connectivity index (χ3v) is 4.38. The van der Waals surface area contributed by atoms with Gasteiger partial charge < -0.3 is 4.98 Å². The van der Waals surface area contributed by atoms with Crippen LogP contribution < -0.4 is 0 Å². The number of azo groups is 1. The monoisotopic (exact) mass is 271 g/mol. The molecule has 0 saturated heterocycles. The third kappa shape index (κ3) is 1.52. The first kappa shape index (κ1) is 11.6. The first-order valence-corrected chi connectivity index (χ1v) is 6.81. The van der Waals surface area contributed by atoms with Crippen molar-refractivity contribution in [3.05, 3.63) is 18.2 Å². The molecule has 20 heavy (non-hydrogen) atoms. The Kier molecular flexibility index (Phi) is 2.42. The second-order valence-electron chi connectivity index (χ2n) is 5.46. The summed E-state index contributed by atoms with van der Waals surface area (Å²) in [5, 5.41) is 7.51. The number of aromatic nitrogens is 2. The van der Waals surface area contributed by atoms with E-state index >= 15 is 0 Å². The SMILES string of the molecule is O=C1N=NC2=NC3CCCC(=O)C3C(c3ncc[nH]3)C12. The molecule has 0 radical (unpaired) electrons. The summed E-state index contributed by atoms with van der Waals surface area (Å²) >= 11 is 0. The van der Waals surface area contributed by atoms with Gasteiger partial charge in [0.15, 0.2) is 5.84 Å². The number of aliphatic imine (C=N–C) groups is 1. The van der Waals surface area contributed by atoms with Crippen molar-refractivity contribution in [1.29, 1.82) is 0 Å². The molecule has 0 aromatic carbocycles. The maximum atomic E-state index is 12.3. The lowest BCUT2D eigenvalue weighted by atomic mass is 9.68. The molecule has 3 aliphatic rings. The molecule has 1 saturated carbocycles. The Labute approximate surface area is 114 Å². The maximum Gasteiger partial charge on any atom is 0.276 e. The van der Waals surface area contributed by atoms with E-state index in [0.29, 0.717) is 18.1 Å². The van der Waals surface area contributed by atoms with Crippen molar-refractivity contribution in [2.75, 3.05) is 0 Å². The predicted octanol–water partition coefficient (Wildman–Crippen LogP) is 1.25. The molecule has 1 aromatic heterocycles. The molecule has 7 heteroatoms. The van der Waals surface area contributed by atoms with Gasteiger partial charge in [0, 0.05) is 24.7 Å². The van der Waals surface area contributed by atoms with E-state index < -0.39 is 5.92 Å². The number of hydrogen-bond acceptors (Lipinski definition) is 5. The van der Waals surface area contributed by atoms with Crippen LogP contribution in [-0.2, 0) is 9.59 Å². The number of carbonyl (C=O) groups excluding carboxylic acids is 2. The van der Waals surface area contributed by atoms with Crippen LogP contribution in [0.3, 0.4) is 0 Å². The topological polar surface area (TPSA) is 99.9 Å². The van der Waals surface area contributed by atoms with E-state index in [1.807, 2.05) is 0 Å². The molecule has 4 unspecified atom stereocenters. The summed E-state index contributed by atoms with van der Waals surface area (Å²) in [6, 6.07) is -0.0950. The number of ketones is 1. The lowest BCUT2D eigenvalue weighted by Gasteiger charge is -2.38. The van der Waals surface area contributed by atoms with Crippen molar-refractivity contribution in [3.63, 3.8) is 0 Å². The molecule has 1 fully saturated rings. The number of imidazole rings is 1. The first-order chi connectivity index (χ1) is 9.75. The highest BCUT2D eigenvalue weighted by atomic mass is 16.2. The van der Waals surface area contributed by atoms with Gasteiger partial charge in [-0.05, 0) is 12.8 Å². The maximum absolute atomic E-state index is 12.3. The van der Waals surface area contributed by atoms with Gasteiger partial charge in [-0.3, -0.25) is 14.6 Å². The molecule has 1 aliphatic carbocycles. The van der Waals surface area contributed by atoms with Gasteiger partial charge in [0.05, 0.1) is 12.0 Å². The van der Waals surface area contributed by atoms with Crippen molar-refractivity contribution in [2.45, 2.75) is 31.2 Å². The van der Waals surface area contributed by atoms with E-state index in [1.54, 1.807) is 12.4 Å². The Hall–Kier alpha value is -2.18. The summed E-state index contributed by atoms with van der Waals surface area (Å²) in [7, 11) is 0. The molecule has 1 amide bonds. The van der Waals surface area contributed by atoms with Crippen molar-refractivity contribution >= 4 is 17.5 Å². The van der Waals surface area contributed by atoms with Gasteiger partial charge in [-0.25, -0.2) is 4.98 Å². The van der Waals surface area contributed by atoms with E-state index in [1.165, 1.54) is 0 Å². The number of carbonyl (C=O) groups is 2. The Morgan fingerprint density at radius 2 is 2.10 bits per heavy atom. The molecule has 7 nitrogen and oxygen atoms in total. The molecule has 4 atom stereocenters. The fourth-order valence-corrected chi connectivity index (χ4v) is 3.55. The number of nitrogens with one attached hydrogen (secondary N) is 1. The average Bonchev–Trinajstić information content (AvgIpc) is 3.08. The van der Waals surface area contributed by atoms with Crippen LogP contribution in [-0.4, -0.2) is 33.5 Å². The summed E-state index contributed by atoms with van der Waals surface area (Å²) < 4.78 is 0. The zero-order valence-electron chi connectivity index (χ0n) is 10.7. The quantitative estimate of drug-likeness (QED) is 0.831. The third-order valence-electron chi connectivity index (χ3n) is 4.38. The lowest BCUT2D eigenvalue weighted by Crippen LogP contribution is -2.46. The van der Waals surface area contributed by atoms with Crippen molar-refractivity contribution in [2.24, 2.45) is 27.1 Å². The van der Waals surface area contributed by atoms with Crippen LogP contribution in [0.4, 0.5) is 0 Å². The van der Waals surface area contributed by atoms with Gasteiger partial charge in [-0.1, -0.05) is 0 Å². The molecule has 102 valence electrons. The zero-order valence-corrected chi connectivity index (χ0v) is 10.7. The summed E-state index contributed by atoms with van der Waals surface area (Å²) in [4.78, 5) is 36.1. The highest BCUT2D eigenvalue weighted by molar-refractivity contribution is 6.09. The fraction of sp³-hybridized carbons (Fsp3) is 0.538. The smallest absolute Gasteiger partial charge is 0.276 e. The molecule has 2 aliphatic heterocycles. The first-order valence-electron chi connectivity index (χ1n) is 6.81. The Morgan fingerprint density at radius 3 is 2.90 bits per heavy atom. The molecule has 0 spiro atoms. The van der Waals surface area contributed by atoms with Gasteiger partial charge in [0.1, 0.15) is 17.5 Å². The van der Waals surface area contributed by atoms with Gasteiger partial charge in [0.2, 0.25) is 0 Å². The molecule has 0 bridgehead atoms. The predicted molar refractivity (Wildman–Crippen MR) is 68.3 cm³/mol. The number of amides is 1. The van der Waals surface area contributed by atoms with Gasteiger partial charge in [-0.2, -0.15) is 0 Å². The normalized spacial score (nSPS) is 35.7. The molecular formula is C13H13N5O2. The van der Waals surface area contributed by atoms with Crippen LogP contribution in [0.15, 0.2) is 27.6 Å². The van der Waals surface area contributed by atoms with Crippen LogP contribution in [0.2, 0.25) is 0 Å². The van der Waals surface area contributed by atoms with E-state index in [9.17, 15) is 9.59 Å². The number of rotatable bonds is 1. The van der Waals surface area contributed by atoms with Gasteiger partial charge in [0.25, 0.3) is 5.91 Å². The average molecular weight is 271 g/mol. The second-order valence-corrected chi connectivity index (χ2v) is 5.46. The number of aromatic amines is 1. The van der Waals surface area contributed by atoms with Crippen molar-refractivity contribution in [3.8, 4) is 0 Å².